The third kappa shape index (κ3) is 3.19. The first-order chi connectivity index (χ1) is 18.3. The van der Waals surface area contributed by atoms with Gasteiger partial charge in [-0.3, -0.25) is 4.79 Å². The van der Waals surface area contributed by atoms with Crippen LogP contribution < -0.4 is 10.2 Å². The highest BCUT2D eigenvalue weighted by Gasteiger charge is 2.63. The largest absolute Gasteiger partial charge is 0.380 e. The lowest BCUT2D eigenvalue weighted by atomic mass is 9.63. The molecule has 0 unspecified atom stereocenters. The maximum atomic E-state index is 13.4. The predicted octanol–water partition coefficient (Wildman–Crippen LogP) is 3.60. The normalized spacial score (nSPS) is 26.7. The highest BCUT2D eigenvalue weighted by Crippen LogP contribution is 2.58. The first-order valence-corrected chi connectivity index (χ1v) is 13.0. The van der Waals surface area contributed by atoms with Gasteiger partial charge in [0, 0.05) is 36.2 Å². The number of carbonyl (C=O) groups excluding carboxylic acids is 1. The Kier molecular flexibility index (Phi) is 4.34. The number of rotatable bonds is 5. The van der Waals surface area contributed by atoms with Crippen molar-refractivity contribution in [2.24, 2.45) is 5.41 Å². The Morgan fingerprint density at radius 1 is 1.11 bits per heavy atom. The Bertz CT molecular complexity index is 1600. The van der Waals surface area contributed by atoms with Crippen molar-refractivity contribution in [3.8, 4) is 11.4 Å². The molecule has 1 aromatic carbocycles. The van der Waals surface area contributed by atoms with Gasteiger partial charge < -0.3 is 24.2 Å². The van der Waals surface area contributed by atoms with Crippen LogP contribution >= 0.6 is 0 Å². The number of hydrogen-bond acceptors (Lipinski definition) is 8. The van der Waals surface area contributed by atoms with Gasteiger partial charge in [-0.05, 0) is 50.5 Å². The number of fused-ring (bicyclic) bond motifs is 2. The number of aryl methyl sites for hydroxylation is 1. The van der Waals surface area contributed by atoms with Crippen LogP contribution in [0.4, 0.5) is 11.4 Å². The molecule has 4 saturated heterocycles. The molecule has 1 saturated carbocycles. The topological polar surface area (TPSA) is 107 Å². The standard InChI is InChI=1S/C28H28N6O4/c1-17-3-4-18(23-31-25(38-32-23)28-10-26(2,11-28)37-16-28)7-21(17)30-24(35)20-9-29-34-6-5-19(8-22(20)34)33-12-27(13-33)14-36-15-27/h3-9H,10-16H2,1-2H3,(H,30,35). The summed E-state index contributed by atoms with van der Waals surface area (Å²) in [5.74, 6) is 0.929. The molecule has 0 atom stereocenters. The average Bonchev–Trinajstić information content (AvgIpc) is 3.60. The molecule has 4 aromatic rings. The van der Waals surface area contributed by atoms with Crippen LogP contribution in [0.15, 0.2) is 47.2 Å². The van der Waals surface area contributed by atoms with Gasteiger partial charge in [0.1, 0.15) is 0 Å². The number of pyridine rings is 1. The quantitative estimate of drug-likeness (QED) is 0.432. The second-order valence-electron chi connectivity index (χ2n) is 11.9. The fourth-order valence-electron chi connectivity index (χ4n) is 6.61. The first kappa shape index (κ1) is 22.2. The molecule has 4 aliphatic heterocycles. The molecule has 10 heteroatoms. The monoisotopic (exact) mass is 512 g/mol. The van der Waals surface area contributed by atoms with E-state index in [1.165, 1.54) is 0 Å². The smallest absolute Gasteiger partial charge is 0.259 e. The maximum Gasteiger partial charge on any atom is 0.259 e. The number of carbonyl (C=O) groups is 1. The van der Waals surface area contributed by atoms with E-state index in [0.29, 0.717) is 35.0 Å². The average molecular weight is 513 g/mol. The van der Waals surface area contributed by atoms with E-state index in [4.69, 9.17) is 19.0 Å². The number of hydrogen-bond donors (Lipinski definition) is 1. The number of nitrogens with zero attached hydrogens (tertiary/aromatic N) is 5. The molecule has 1 aliphatic carbocycles. The van der Waals surface area contributed by atoms with Crippen molar-refractivity contribution in [2.45, 2.75) is 37.7 Å². The summed E-state index contributed by atoms with van der Waals surface area (Å²) in [7, 11) is 0. The van der Waals surface area contributed by atoms with Gasteiger partial charge in [-0.15, -0.1) is 0 Å². The summed E-state index contributed by atoms with van der Waals surface area (Å²) in [6.07, 6.45) is 5.34. The number of anilines is 2. The van der Waals surface area contributed by atoms with Crippen molar-refractivity contribution in [3.63, 3.8) is 0 Å². The third-order valence-electron chi connectivity index (χ3n) is 8.73. The molecule has 1 spiro atoms. The molecule has 2 bridgehead atoms. The second-order valence-corrected chi connectivity index (χ2v) is 11.9. The SMILES string of the molecule is Cc1ccc(-c2noc(C34COC(C)(C3)C4)n2)cc1NC(=O)c1cnn2ccc(N3CC4(COC4)C3)cc12. The van der Waals surface area contributed by atoms with Crippen LogP contribution in [0.2, 0.25) is 0 Å². The van der Waals surface area contributed by atoms with Crippen molar-refractivity contribution in [1.82, 2.24) is 19.8 Å². The van der Waals surface area contributed by atoms with Gasteiger partial charge in [-0.2, -0.15) is 10.1 Å². The molecule has 5 aliphatic rings. The molecular formula is C28H28N6O4. The molecular weight excluding hydrogens is 484 g/mol. The van der Waals surface area contributed by atoms with E-state index in [9.17, 15) is 4.79 Å². The number of amides is 1. The van der Waals surface area contributed by atoms with E-state index in [2.05, 4.69) is 27.4 Å². The van der Waals surface area contributed by atoms with Crippen LogP contribution in [0.3, 0.4) is 0 Å². The minimum absolute atomic E-state index is 0.0578. The second kappa shape index (κ2) is 7.42. The fourth-order valence-corrected chi connectivity index (χ4v) is 6.61. The predicted molar refractivity (Wildman–Crippen MR) is 138 cm³/mol. The highest BCUT2D eigenvalue weighted by atomic mass is 16.5. The van der Waals surface area contributed by atoms with E-state index in [-0.39, 0.29) is 16.9 Å². The molecule has 9 rings (SSSR count). The highest BCUT2D eigenvalue weighted by molar-refractivity contribution is 6.09. The molecule has 38 heavy (non-hydrogen) atoms. The third-order valence-corrected chi connectivity index (χ3v) is 8.73. The van der Waals surface area contributed by atoms with E-state index < -0.39 is 0 Å². The number of ether oxygens (including phenoxy) is 2. The van der Waals surface area contributed by atoms with E-state index in [1.807, 2.05) is 43.5 Å². The van der Waals surface area contributed by atoms with Gasteiger partial charge in [0.2, 0.25) is 11.7 Å². The lowest BCUT2D eigenvalue weighted by molar-refractivity contribution is -0.127. The van der Waals surface area contributed by atoms with Crippen LogP contribution in [-0.4, -0.2) is 64.2 Å². The Balaban J connectivity index is 1.04. The van der Waals surface area contributed by atoms with Crippen molar-refractivity contribution in [2.75, 3.05) is 43.1 Å². The summed E-state index contributed by atoms with van der Waals surface area (Å²) in [5, 5.41) is 11.7. The van der Waals surface area contributed by atoms with Gasteiger partial charge in [0.05, 0.1) is 53.5 Å². The maximum absolute atomic E-state index is 13.4. The molecule has 194 valence electrons. The summed E-state index contributed by atoms with van der Waals surface area (Å²) >= 11 is 0. The Hall–Kier alpha value is -3.76. The zero-order chi connectivity index (χ0) is 25.7. The lowest BCUT2D eigenvalue weighted by Gasteiger charge is -2.56. The van der Waals surface area contributed by atoms with Crippen LogP contribution in [-0.2, 0) is 14.9 Å². The minimum Gasteiger partial charge on any atom is -0.380 e. The molecule has 5 fully saturated rings. The number of aromatic nitrogens is 4. The molecule has 3 aromatic heterocycles. The zero-order valence-electron chi connectivity index (χ0n) is 21.4. The van der Waals surface area contributed by atoms with Crippen LogP contribution in [0.1, 0.15) is 41.6 Å². The summed E-state index contributed by atoms with van der Waals surface area (Å²) in [5.41, 5.74) is 4.90. The molecule has 0 radical (unpaired) electrons. The number of benzene rings is 1. The zero-order valence-corrected chi connectivity index (χ0v) is 21.4. The minimum atomic E-state index is -0.213. The fraction of sp³-hybridized carbons (Fsp3) is 0.429. The van der Waals surface area contributed by atoms with Crippen molar-refractivity contribution in [1.29, 1.82) is 0 Å². The molecule has 7 heterocycles. The molecule has 1 amide bonds. The molecule has 10 nitrogen and oxygen atoms in total. The van der Waals surface area contributed by atoms with Gasteiger partial charge in [-0.25, -0.2) is 4.52 Å². The van der Waals surface area contributed by atoms with E-state index >= 15 is 0 Å². The summed E-state index contributed by atoms with van der Waals surface area (Å²) in [4.78, 5) is 20.4. The lowest BCUT2D eigenvalue weighted by Crippen LogP contribution is -2.66. The Morgan fingerprint density at radius 2 is 1.95 bits per heavy atom. The first-order valence-electron chi connectivity index (χ1n) is 13.0. The van der Waals surface area contributed by atoms with Crippen LogP contribution in [0.5, 0.6) is 0 Å². The Labute approximate surface area is 218 Å². The Morgan fingerprint density at radius 3 is 2.68 bits per heavy atom. The van der Waals surface area contributed by atoms with Gasteiger partial charge >= 0.3 is 0 Å². The summed E-state index contributed by atoms with van der Waals surface area (Å²) < 4.78 is 18.7. The number of nitrogens with one attached hydrogen (secondary N) is 1. The van der Waals surface area contributed by atoms with Gasteiger partial charge in [-0.1, -0.05) is 17.3 Å². The van der Waals surface area contributed by atoms with Crippen molar-refractivity contribution >= 4 is 22.8 Å². The van der Waals surface area contributed by atoms with E-state index in [0.717, 1.165) is 61.5 Å². The van der Waals surface area contributed by atoms with Crippen LogP contribution in [0, 0.1) is 12.3 Å². The van der Waals surface area contributed by atoms with Crippen LogP contribution in [0.25, 0.3) is 16.9 Å². The summed E-state index contributed by atoms with van der Waals surface area (Å²) in [6, 6.07) is 9.88. The van der Waals surface area contributed by atoms with Crippen molar-refractivity contribution in [3.05, 3.63) is 59.7 Å². The van der Waals surface area contributed by atoms with Gasteiger partial charge in [0.25, 0.3) is 5.91 Å². The van der Waals surface area contributed by atoms with Gasteiger partial charge in [0.15, 0.2) is 0 Å². The van der Waals surface area contributed by atoms with E-state index in [1.54, 1.807) is 10.7 Å². The molecule has 1 N–H and O–H groups in total. The summed E-state index contributed by atoms with van der Waals surface area (Å²) in [6.45, 7) is 8.35. The van der Waals surface area contributed by atoms with Crippen molar-refractivity contribution < 1.29 is 18.8 Å².